The summed E-state index contributed by atoms with van der Waals surface area (Å²) in [5, 5.41) is 0. The van der Waals surface area contributed by atoms with Crippen LogP contribution in [0, 0.1) is 0 Å². The highest BCUT2D eigenvalue weighted by molar-refractivity contribution is 7.39. The van der Waals surface area contributed by atoms with Gasteiger partial charge in [-0.3, -0.25) is 4.90 Å². The van der Waals surface area contributed by atoms with Crippen molar-refractivity contribution in [1.82, 2.24) is 4.90 Å². The van der Waals surface area contributed by atoms with Gasteiger partial charge in [0, 0.05) is 13.0 Å². The zero-order valence-corrected chi connectivity index (χ0v) is 14.7. The van der Waals surface area contributed by atoms with Gasteiger partial charge in [-0.1, -0.05) is 49.6 Å². The van der Waals surface area contributed by atoms with Crippen LogP contribution in [0.2, 0.25) is 0 Å². The largest absolute Gasteiger partial charge is 0.533 e. The van der Waals surface area contributed by atoms with Gasteiger partial charge in [0.25, 0.3) is 5.78 Å². The van der Waals surface area contributed by atoms with Crippen LogP contribution in [-0.2, 0) is 20.4 Å². The van der Waals surface area contributed by atoms with Gasteiger partial charge in [0.15, 0.2) is 0 Å². The predicted octanol–water partition coefficient (Wildman–Crippen LogP) is 4.69. The maximum absolute atomic E-state index is 12.6. The molecule has 1 aromatic carbocycles. The Morgan fingerprint density at radius 3 is 2.52 bits per heavy atom. The fraction of sp³-hybridized carbons (Fsp3) is 0.588. The lowest BCUT2D eigenvalue weighted by Crippen LogP contribution is -2.46. The highest BCUT2D eigenvalue weighted by Crippen LogP contribution is 2.35. The first kappa shape index (κ1) is 17.9. The molecule has 1 amide bonds. The van der Waals surface area contributed by atoms with E-state index in [1.165, 1.54) is 13.5 Å². The predicted molar refractivity (Wildman–Crippen MR) is 89.4 cm³/mol. The third-order valence-electron chi connectivity index (χ3n) is 4.27. The normalized spacial score (nSPS) is 17.4. The lowest BCUT2D eigenvalue weighted by atomic mass is 9.94. The number of rotatable bonds is 6. The second-order valence-electron chi connectivity index (χ2n) is 5.84. The summed E-state index contributed by atoms with van der Waals surface area (Å²) in [6, 6.07) is 9.65. The Morgan fingerprint density at radius 1 is 1.26 bits per heavy atom. The van der Waals surface area contributed by atoms with Crippen molar-refractivity contribution in [3.8, 4) is 0 Å². The lowest BCUT2D eigenvalue weighted by Gasteiger charge is -2.33. The molecule has 0 N–H and O–H groups in total. The van der Waals surface area contributed by atoms with Crippen LogP contribution in [0.4, 0.5) is 4.79 Å². The number of hydrogen-bond donors (Lipinski definition) is 0. The van der Waals surface area contributed by atoms with Crippen molar-refractivity contribution < 1.29 is 18.6 Å². The summed E-state index contributed by atoms with van der Waals surface area (Å²) < 4.78 is 22.5. The first-order valence-electron chi connectivity index (χ1n) is 8.13. The van der Waals surface area contributed by atoms with E-state index in [1.54, 1.807) is 11.8 Å². The van der Waals surface area contributed by atoms with Crippen LogP contribution < -0.4 is 0 Å². The first-order valence-corrected chi connectivity index (χ1v) is 9.37. The molecule has 1 aromatic rings. The molecule has 0 bridgehead atoms. The van der Waals surface area contributed by atoms with E-state index in [0.29, 0.717) is 0 Å². The Kier molecular flexibility index (Phi) is 7.00. The monoisotopic (exact) mass is 338 g/mol. The summed E-state index contributed by atoms with van der Waals surface area (Å²) in [5.74, 6) is -0.485. The van der Waals surface area contributed by atoms with Gasteiger partial charge < -0.3 is 4.74 Å². The second kappa shape index (κ2) is 8.99. The van der Waals surface area contributed by atoms with Crippen molar-refractivity contribution in [1.29, 1.82) is 0 Å². The van der Waals surface area contributed by atoms with Crippen LogP contribution in [0.5, 0.6) is 0 Å². The van der Waals surface area contributed by atoms with E-state index in [-0.39, 0.29) is 12.6 Å². The van der Waals surface area contributed by atoms with Crippen LogP contribution in [0.15, 0.2) is 30.3 Å². The Morgan fingerprint density at radius 2 is 1.91 bits per heavy atom. The van der Waals surface area contributed by atoms with E-state index in [9.17, 15) is 9.36 Å². The number of hydrogen-bond acceptors (Lipinski definition) is 4. The molecule has 1 fully saturated rings. The standard InChI is InChI=1S/C17H25NO4P/c1-14(23(20)21-2)18(16-11-7-4-8-12-16)17(19)22-13-15-9-5-3-6-10-15/h3,5-6,9-10,14,16H,4,7-8,11-13H2,1-2H3/q+1. The van der Waals surface area contributed by atoms with Crippen molar-refractivity contribution in [2.75, 3.05) is 7.11 Å². The molecule has 1 aliphatic rings. The van der Waals surface area contributed by atoms with Crippen molar-refractivity contribution in [2.24, 2.45) is 0 Å². The number of benzene rings is 1. The molecule has 5 nitrogen and oxygen atoms in total. The number of carbonyl (C=O) groups is 1. The molecule has 2 atom stereocenters. The first-order chi connectivity index (χ1) is 11.1. The minimum atomic E-state index is -1.93. The van der Waals surface area contributed by atoms with E-state index >= 15 is 0 Å². The van der Waals surface area contributed by atoms with E-state index in [0.717, 1.165) is 31.2 Å². The molecule has 1 aliphatic carbocycles. The van der Waals surface area contributed by atoms with Crippen molar-refractivity contribution in [3.05, 3.63) is 35.9 Å². The fourth-order valence-electron chi connectivity index (χ4n) is 3.01. The van der Waals surface area contributed by atoms with Crippen LogP contribution >= 0.6 is 8.03 Å². The molecule has 23 heavy (non-hydrogen) atoms. The highest BCUT2D eigenvalue weighted by atomic mass is 31.1. The summed E-state index contributed by atoms with van der Waals surface area (Å²) in [4.78, 5) is 14.2. The van der Waals surface area contributed by atoms with Gasteiger partial charge in [-0.15, -0.1) is 4.52 Å². The molecule has 0 aliphatic heterocycles. The molecule has 0 heterocycles. The topological polar surface area (TPSA) is 55.8 Å². The minimum Gasteiger partial charge on any atom is -0.444 e. The zero-order chi connectivity index (χ0) is 16.7. The van der Waals surface area contributed by atoms with Crippen LogP contribution in [0.25, 0.3) is 0 Å². The van der Waals surface area contributed by atoms with E-state index in [1.807, 2.05) is 30.3 Å². The molecule has 2 rings (SSSR count). The molecule has 0 spiro atoms. The maximum Gasteiger partial charge on any atom is 0.533 e. The zero-order valence-electron chi connectivity index (χ0n) is 13.8. The maximum atomic E-state index is 12.6. The third-order valence-corrected chi connectivity index (χ3v) is 5.49. The lowest BCUT2D eigenvalue weighted by molar-refractivity contribution is 0.0662. The Hall–Kier alpha value is -1.45. The Balaban J connectivity index is 2.05. The van der Waals surface area contributed by atoms with Crippen molar-refractivity contribution in [2.45, 2.75) is 57.5 Å². The Labute approximate surface area is 138 Å². The van der Waals surface area contributed by atoms with Crippen LogP contribution in [0.1, 0.15) is 44.6 Å². The molecule has 126 valence electrons. The summed E-state index contributed by atoms with van der Waals surface area (Å²) in [6.45, 7) is 1.99. The summed E-state index contributed by atoms with van der Waals surface area (Å²) in [5.41, 5.74) is 0.938. The molecule has 0 saturated heterocycles. The summed E-state index contributed by atoms with van der Waals surface area (Å²) in [6.07, 6.45) is 4.81. The SMILES string of the molecule is CO[P+](=O)C(C)N(C(=O)OCc1ccccc1)C1CCCCC1. The molecule has 0 aromatic heterocycles. The van der Waals surface area contributed by atoms with Crippen molar-refractivity contribution >= 4 is 14.1 Å². The molecular formula is C17H25NO4P+. The van der Waals surface area contributed by atoms with E-state index in [4.69, 9.17) is 9.26 Å². The van der Waals surface area contributed by atoms with Gasteiger partial charge in [0.1, 0.15) is 6.61 Å². The summed E-state index contributed by atoms with van der Waals surface area (Å²) >= 11 is 0. The highest BCUT2D eigenvalue weighted by Gasteiger charge is 2.41. The van der Waals surface area contributed by atoms with Gasteiger partial charge >= 0.3 is 14.1 Å². The number of nitrogens with zero attached hydrogens (tertiary/aromatic N) is 1. The number of carbonyl (C=O) groups excluding carboxylic acids is 1. The average Bonchev–Trinajstić information content (AvgIpc) is 2.61. The van der Waals surface area contributed by atoms with Gasteiger partial charge in [0.05, 0.1) is 7.11 Å². The summed E-state index contributed by atoms with van der Waals surface area (Å²) in [7, 11) is -0.520. The van der Waals surface area contributed by atoms with Crippen molar-refractivity contribution in [3.63, 3.8) is 0 Å². The molecular weight excluding hydrogens is 313 g/mol. The van der Waals surface area contributed by atoms with E-state index in [2.05, 4.69) is 0 Å². The quantitative estimate of drug-likeness (QED) is 0.706. The van der Waals surface area contributed by atoms with Crippen LogP contribution in [-0.4, -0.2) is 29.9 Å². The average molecular weight is 338 g/mol. The molecule has 1 saturated carbocycles. The van der Waals surface area contributed by atoms with E-state index < -0.39 is 19.9 Å². The van der Waals surface area contributed by atoms with Gasteiger partial charge in [-0.25, -0.2) is 4.79 Å². The van der Waals surface area contributed by atoms with Gasteiger partial charge in [0.2, 0.25) is 0 Å². The Bertz CT molecular complexity index is 517. The minimum absolute atomic E-state index is 0.0797. The molecule has 2 unspecified atom stereocenters. The van der Waals surface area contributed by atoms with Gasteiger partial charge in [-0.05, 0) is 23.0 Å². The van der Waals surface area contributed by atoms with Crippen LogP contribution in [0.3, 0.4) is 0 Å². The molecule has 6 heteroatoms. The molecule has 0 radical (unpaired) electrons. The fourth-order valence-corrected chi connectivity index (χ4v) is 3.80. The number of amides is 1. The smallest absolute Gasteiger partial charge is 0.444 e. The van der Waals surface area contributed by atoms with Gasteiger partial charge in [-0.2, -0.15) is 0 Å². The third kappa shape index (κ3) is 5.02. The number of ether oxygens (including phenoxy) is 1. The second-order valence-corrected chi connectivity index (χ2v) is 7.52.